The summed E-state index contributed by atoms with van der Waals surface area (Å²) in [5.74, 6) is 0. The smallest absolute Gasteiger partial charge is 0.130 e. The van der Waals surface area contributed by atoms with E-state index in [1.54, 1.807) is 4.68 Å². The zero-order valence-electron chi connectivity index (χ0n) is 12.2. The topological polar surface area (TPSA) is 42.7 Å². The summed E-state index contributed by atoms with van der Waals surface area (Å²) in [5, 5.41) is 8.46. The number of hydrogen-bond donors (Lipinski definition) is 1. The van der Waals surface area contributed by atoms with E-state index < -0.39 is 0 Å². The van der Waals surface area contributed by atoms with E-state index in [1.807, 2.05) is 39.3 Å². The highest BCUT2D eigenvalue weighted by atomic mass is 35.5. The number of aromatic nitrogens is 3. The van der Waals surface area contributed by atoms with Gasteiger partial charge in [-0.2, -0.15) is 5.10 Å². The van der Waals surface area contributed by atoms with Crippen molar-refractivity contribution in [2.45, 2.75) is 32.2 Å². The number of aryl methyl sites for hydroxylation is 3. The second-order valence-electron chi connectivity index (χ2n) is 5.03. The van der Waals surface area contributed by atoms with Crippen LogP contribution < -0.4 is 5.32 Å². The number of nitrogens with one attached hydrogen (secondary N) is 1. The molecule has 1 unspecified atom stereocenters. The zero-order valence-corrected chi connectivity index (χ0v) is 13.0. The van der Waals surface area contributed by atoms with Gasteiger partial charge in [0.2, 0.25) is 0 Å². The molecule has 0 aliphatic carbocycles. The molecule has 2 aromatic rings. The van der Waals surface area contributed by atoms with Gasteiger partial charge in [0.05, 0.1) is 5.69 Å². The molecule has 0 amide bonds. The van der Waals surface area contributed by atoms with Gasteiger partial charge in [-0.25, -0.2) is 0 Å². The highest BCUT2D eigenvalue weighted by Crippen LogP contribution is 2.21. The van der Waals surface area contributed by atoms with Crippen molar-refractivity contribution < 1.29 is 0 Å². The van der Waals surface area contributed by atoms with E-state index in [1.165, 1.54) is 0 Å². The largest absolute Gasteiger partial charge is 0.317 e. The van der Waals surface area contributed by atoms with Crippen molar-refractivity contribution in [2.24, 2.45) is 7.05 Å². The van der Waals surface area contributed by atoms with E-state index in [9.17, 15) is 0 Å². The van der Waals surface area contributed by atoms with Crippen LogP contribution in [0.25, 0.3) is 0 Å². The predicted octanol–water partition coefficient (Wildman–Crippen LogP) is 2.54. The Labute approximate surface area is 125 Å². The minimum Gasteiger partial charge on any atom is -0.317 e. The number of rotatable bonds is 6. The molecule has 0 aliphatic rings. The average Bonchev–Trinajstić information content (AvgIpc) is 2.70. The Hall–Kier alpha value is -1.39. The molecule has 1 atom stereocenters. The van der Waals surface area contributed by atoms with E-state index in [2.05, 4.69) is 21.5 Å². The Bertz CT molecular complexity index is 551. The fourth-order valence-corrected chi connectivity index (χ4v) is 2.62. The molecule has 0 spiro atoms. The van der Waals surface area contributed by atoms with Crippen molar-refractivity contribution in [1.82, 2.24) is 20.1 Å². The first-order valence-corrected chi connectivity index (χ1v) is 7.24. The molecule has 2 heterocycles. The minimum atomic E-state index is 0.373. The molecule has 5 heteroatoms. The second-order valence-corrected chi connectivity index (χ2v) is 5.39. The molecular weight excluding hydrogens is 272 g/mol. The van der Waals surface area contributed by atoms with Crippen LogP contribution in [0.3, 0.4) is 0 Å². The van der Waals surface area contributed by atoms with Gasteiger partial charge in [0, 0.05) is 30.5 Å². The van der Waals surface area contributed by atoms with Crippen LogP contribution in [0.4, 0.5) is 0 Å². The third kappa shape index (κ3) is 3.58. The lowest BCUT2D eigenvalue weighted by molar-refractivity contribution is 0.516. The normalized spacial score (nSPS) is 12.6. The van der Waals surface area contributed by atoms with Crippen molar-refractivity contribution in [3.05, 3.63) is 46.5 Å². The van der Waals surface area contributed by atoms with E-state index >= 15 is 0 Å². The molecule has 1 N–H and O–H groups in total. The van der Waals surface area contributed by atoms with Gasteiger partial charge in [-0.1, -0.05) is 17.7 Å². The Morgan fingerprint density at radius 1 is 1.40 bits per heavy atom. The summed E-state index contributed by atoms with van der Waals surface area (Å²) in [4.78, 5) is 4.36. The maximum absolute atomic E-state index is 6.29. The SMILES string of the molecule is CNC(CCc1ccccn1)Cc1c(C)nn(C)c1Cl. The van der Waals surface area contributed by atoms with Crippen LogP contribution in [0.2, 0.25) is 5.15 Å². The Kier molecular flexibility index (Phi) is 5.15. The molecule has 0 saturated carbocycles. The summed E-state index contributed by atoms with van der Waals surface area (Å²) in [5.41, 5.74) is 3.27. The summed E-state index contributed by atoms with van der Waals surface area (Å²) in [6, 6.07) is 6.41. The zero-order chi connectivity index (χ0) is 14.5. The quantitative estimate of drug-likeness (QED) is 0.890. The van der Waals surface area contributed by atoms with Crippen LogP contribution in [-0.2, 0) is 19.9 Å². The first-order valence-electron chi connectivity index (χ1n) is 6.87. The lowest BCUT2D eigenvalue weighted by Gasteiger charge is -2.16. The molecule has 0 fully saturated rings. The van der Waals surface area contributed by atoms with Crippen LogP contribution in [0.1, 0.15) is 23.4 Å². The minimum absolute atomic E-state index is 0.373. The predicted molar refractivity (Wildman–Crippen MR) is 82.1 cm³/mol. The average molecular weight is 293 g/mol. The lowest BCUT2D eigenvalue weighted by atomic mass is 10.0. The fraction of sp³-hybridized carbons (Fsp3) is 0.467. The maximum Gasteiger partial charge on any atom is 0.130 e. The third-order valence-electron chi connectivity index (χ3n) is 3.60. The number of halogens is 1. The van der Waals surface area contributed by atoms with Crippen molar-refractivity contribution in [3.8, 4) is 0 Å². The van der Waals surface area contributed by atoms with Gasteiger partial charge in [-0.15, -0.1) is 0 Å². The summed E-state index contributed by atoms with van der Waals surface area (Å²) in [6.07, 6.45) is 4.72. The summed E-state index contributed by atoms with van der Waals surface area (Å²) in [7, 11) is 3.86. The summed E-state index contributed by atoms with van der Waals surface area (Å²) >= 11 is 6.29. The molecule has 0 radical (unpaired) electrons. The molecule has 2 aromatic heterocycles. The van der Waals surface area contributed by atoms with Crippen LogP contribution in [0.5, 0.6) is 0 Å². The molecule has 0 bridgehead atoms. The monoisotopic (exact) mass is 292 g/mol. The lowest BCUT2D eigenvalue weighted by Crippen LogP contribution is -2.28. The van der Waals surface area contributed by atoms with Crippen LogP contribution >= 0.6 is 11.6 Å². The first-order chi connectivity index (χ1) is 9.61. The highest BCUT2D eigenvalue weighted by Gasteiger charge is 2.16. The highest BCUT2D eigenvalue weighted by molar-refractivity contribution is 6.30. The van der Waals surface area contributed by atoms with Gasteiger partial charge in [0.25, 0.3) is 0 Å². The van der Waals surface area contributed by atoms with Gasteiger partial charge in [-0.3, -0.25) is 9.67 Å². The van der Waals surface area contributed by atoms with E-state index in [0.29, 0.717) is 6.04 Å². The molecule has 4 nitrogen and oxygen atoms in total. The number of nitrogens with zero attached hydrogens (tertiary/aromatic N) is 3. The van der Waals surface area contributed by atoms with Crippen LogP contribution in [-0.4, -0.2) is 27.9 Å². The second kappa shape index (κ2) is 6.86. The molecule has 0 aliphatic heterocycles. The Balaban J connectivity index is 1.99. The standard InChI is InChI=1S/C15H21ClN4/c1-11-14(15(16)20(3)19-11)10-13(17-2)8-7-12-6-4-5-9-18-12/h4-6,9,13,17H,7-8,10H2,1-3H3. The van der Waals surface area contributed by atoms with Gasteiger partial charge in [0.1, 0.15) is 5.15 Å². The van der Waals surface area contributed by atoms with Gasteiger partial charge in [0.15, 0.2) is 0 Å². The summed E-state index contributed by atoms with van der Waals surface area (Å²) < 4.78 is 1.73. The number of hydrogen-bond acceptors (Lipinski definition) is 3. The molecule has 20 heavy (non-hydrogen) atoms. The Morgan fingerprint density at radius 2 is 2.20 bits per heavy atom. The van der Waals surface area contributed by atoms with Crippen molar-refractivity contribution in [3.63, 3.8) is 0 Å². The first kappa shape index (κ1) is 15.0. The van der Waals surface area contributed by atoms with Gasteiger partial charge >= 0.3 is 0 Å². The maximum atomic E-state index is 6.29. The molecule has 2 rings (SSSR count). The molecule has 0 aromatic carbocycles. The number of pyridine rings is 1. The van der Waals surface area contributed by atoms with Crippen molar-refractivity contribution in [2.75, 3.05) is 7.05 Å². The van der Waals surface area contributed by atoms with Crippen LogP contribution in [0, 0.1) is 6.92 Å². The fourth-order valence-electron chi connectivity index (χ4n) is 2.37. The van der Waals surface area contributed by atoms with Crippen molar-refractivity contribution >= 4 is 11.6 Å². The van der Waals surface area contributed by atoms with E-state index in [0.717, 1.165) is 41.4 Å². The van der Waals surface area contributed by atoms with Gasteiger partial charge < -0.3 is 5.32 Å². The van der Waals surface area contributed by atoms with Gasteiger partial charge in [-0.05, 0) is 45.4 Å². The third-order valence-corrected chi connectivity index (χ3v) is 4.08. The Morgan fingerprint density at radius 3 is 2.75 bits per heavy atom. The van der Waals surface area contributed by atoms with E-state index in [-0.39, 0.29) is 0 Å². The summed E-state index contributed by atoms with van der Waals surface area (Å²) in [6.45, 7) is 2.01. The number of likely N-dealkylation sites (N-methyl/N-ethyl adjacent to an activating group) is 1. The van der Waals surface area contributed by atoms with Crippen molar-refractivity contribution in [1.29, 1.82) is 0 Å². The van der Waals surface area contributed by atoms with E-state index in [4.69, 9.17) is 11.6 Å². The molecule has 0 saturated heterocycles. The molecule has 108 valence electrons. The molecular formula is C15H21ClN4. The van der Waals surface area contributed by atoms with Crippen LogP contribution in [0.15, 0.2) is 24.4 Å².